The van der Waals surface area contributed by atoms with Gasteiger partial charge in [0, 0.05) is 18.6 Å². The van der Waals surface area contributed by atoms with Gasteiger partial charge >= 0.3 is 0 Å². The fraction of sp³-hybridized carbons (Fsp3) is 0.571. The summed E-state index contributed by atoms with van der Waals surface area (Å²) in [6, 6.07) is 2.20. The normalized spacial score (nSPS) is 16.2. The molecular formula is C14H20F2N2O2S. The van der Waals surface area contributed by atoms with Crippen molar-refractivity contribution in [2.24, 2.45) is 0 Å². The molecule has 118 valence electrons. The Morgan fingerprint density at radius 3 is 2.48 bits per heavy atom. The zero-order valence-corrected chi connectivity index (χ0v) is 12.9. The first-order chi connectivity index (χ1) is 9.79. The van der Waals surface area contributed by atoms with Crippen LogP contribution in [0.15, 0.2) is 17.0 Å². The highest BCUT2D eigenvalue weighted by molar-refractivity contribution is 7.89. The smallest absolute Gasteiger partial charge is 0.243 e. The minimum atomic E-state index is -4.03. The van der Waals surface area contributed by atoms with Crippen molar-refractivity contribution in [3.63, 3.8) is 0 Å². The van der Waals surface area contributed by atoms with Crippen molar-refractivity contribution in [1.82, 2.24) is 10.0 Å². The highest BCUT2D eigenvalue weighted by Crippen LogP contribution is 2.24. The van der Waals surface area contributed by atoms with Gasteiger partial charge in [-0.3, -0.25) is 0 Å². The van der Waals surface area contributed by atoms with Gasteiger partial charge in [0.05, 0.1) is 0 Å². The largest absolute Gasteiger partial charge is 0.310 e. The van der Waals surface area contributed by atoms with Gasteiger partial charge in [-0.25, -0.2) is 21.9 Å². The van der Waals surface area contributed by atoms with Gasteiger partial charge in [0.1, 0.15) is 4.90 Å². The molecule has 4 nitrogen and oxygen atoms in total. The quantitative estimate of drug-likeness (QED) is 0.846. The molecule has 0 radical (unpaired) electrons. The number of nitrogens with one attached hydrogen (secondary N) is 2. The molecule has 0 heterocycles. The zero-order valence-electron chi connectivity index (χ0n) is 12.1. The van der Waals surface area contributed by atoms with Crippen molar-refractivity contribution in [3.05, 3.63) is 29.3 Å². The first kappa shape index (κ1) is 16.3. The molecule has 0 saturated heterocycles. The van der Waals surface area contributed by atoms with Crippen LogP contribution in [0.25, 0.3) is 0 Å². The Bertz CT molecular complexity index is 614. The molecule has 1 saturated carbocycles. The van der Waals surface area contributed by atoms with Crippen molar-refractivity contribution in [2.75, 3.05) is 0 Å². The van der Waals surface area contributed by atoms with Crippen molar-refractivity contribution < 1.29 is 17.2 Å². The second-order valence-corrected chi connectivity index (χ2v) is 7.36. The molecular weight excluding hydrogens is 298 g/mol. The lowest BCUT2D eigenvalue weighted by Gasteiger charge is -2.26. The number of benzene rings is 1. The highest BCUT2D eigenvalue weighted by Gasteiger charge is 2.28. The van der Waals surface area contributed by atoms with E-state index in [-0.39, 0.29) is 18.6 Å². The molecule has 0 bridgehead atoms. The van der Waals surface area contributed by atoms with E-state index in [2.05, 4.69) is 10.0 Å². The Labute approximate surface area is 124 Å². The van der Waals surface area contributed by atoms with Gasteiger partial charge in [0.15, 0.2) is 11.6 Å². The van der Waals surface area contributed by atoms with E-state index in [0.717, 1.165) is 25.3 Å². The van der Waals surface area contributed by atoms with Gasteiger partial charge in [-0.2, -0.15) is 0 Å². The third kappa shape index (κ3) is 3.99. The van der Waals surface area contributed by atoms with Crippen LogP contribution in [0.4, 0.5) is 8.78 Å². The molecule has 0 amide bonds. The minimum Gasteiger partial charge on any atom is -0.310 e. The minimum absolute atomic E-state index is 0.159. The van der Waals surface area contributed by atoms with Gasteiger partial charge in [-0.05, 0) is 30.5 Å². The molecule has 0 spiro atoms. The summed E-state index contributed by atoms with van der Waals surface area (Å²) in [5, 5.41) is 3.05. The van der Waals surface area contributed by atoms with E-state index < -0.39 is 26.6 Å². The third-order valence-electron chi connectivity index (χ3n) is 3.49. The maximum atomic E-state index is 13.8. The molecule has 2 rings (SSSR count). The highest BCUT2D eigenvalue weighted by atomic mass is 32.2. The fourth-order valence-corrected chi connectivity index (χ4v) is 3.49. The predicted octanol–water partition coefficient (Wildman–Crippen LogP) is 2.29. The first-order valence-electron chi connectivity index (χ1n) is 7.03. The van der Waals surface area contributed by atoms with E-state index in [1.54, 1.807) is 0 Å². The van der Waals surface area contributed by atoms with Crippen molar-refractivity contribution in [1.29, 1.82) is 0 Å². The van der Waals surface area contributed by atoms with E-state index in [1.807, 2.05) is 13.8 Å². The zero-order chi connectivity index (χ0) is 15.6. The summed E-state index contributed by atoms with van der Waals surface area (Å²) >= 11 is 0. The lowest BCUT2D eigenvalue weighted by Crippen LogP contribution is -2.39. The second kappa shape index (κ2) is 6.37. The van der Waals surface area contributed by atoms with E-state index >= 15 is 0 Å². The average Bonchev–Trinajstić information content (AvgIpc) is 2.35. The topological polar surface area (TPSA) is 58.2 Å². The molecule has 0 atom stereocenters. The third-order valence-corrected chi connectivity index (χ3v) is 5.01. The Morgan fingerprint density at radius 1 is 1.29 bits per heavy atom. The Morgan fingerprint density at radius 2 is 1.95 bits per heavy atom. The van der Waals surface area contributed by atoms with Crippen LogP contribution in [-0.4, -0.2) is 20.5 Å². The molecule has 1 aliphatic rings. The van der Waals surface area contributed by atoms with Crippen LogP contribution < -0.4 is 10.0 Å². The van der Waals surface area contributed by atoms with Crippen LogP contribution in [0, 0.1) is 11.6 Å². The molecule has 2 N–H and O–H groups in total. The molecule has 1 aliphatic carbocycles. The monoisotopic (exact) mass is 318 g/mol. The summed E-state index contributed by atoms with van der Waals surface area (Å²) in [6.07, 6.45) is 2.41. The SMILES string of the molecule is CC(C)NCc1cc(F)c(F)c(S(=O)(=O)NC2CCC2)c1. The molecule has 1 fully saturated rings. The Balaban J connectivity index is 2.28. The Kier molecular flexibility index (Phi) is 4.95. The van der Waals surface area contributed by atoms with Gasteiger partial charge in [0.2, 0.25) is 10.0 Å². The van der Waals surface area contributed by atoms with Crippen molar-refractivity contribution in [2.45, 2.75) is 56.6 Å². The molecule has 0 unspecified atom stereocenters. The van der Waals surface area contributed by atoms with E-state index in [9.17, 15) is 17.2 Å². The van der Waals surface area contributed by atoms with Crippen LogP contribution in [0.5, 0.6) is 0 Å². The van der Waals surface area contributed by atoms with Gasteiger partial charge in [0.25, 0.3) is 0 Å². The van der Waals surface area contributed by atoms with Crippen LogP contribution >= 0.6 is 0 Å². The van der Waals surface area contributed by atoms with E-state index in [1.165, 1.54) is 6.07 Å². The van der Waals surface area contributed by atoms with E-state index in [0.29, 0.717) is 5.56 Å². The summed E-state index contributed by atoms with van der Waals surface area (Å²) in [7, 11) is -4.03. The van der Waals surface area contributed by atoms with Crippen LogP contribution in [0.2, 0.25) is 0 Å². The molecule has 1 aromatic rings. The van der Waals surface area contributed by atoms with Crippen molar-refractivity contribution >= 4 is 10.0 Å². The number of sulfonamides is 1. The summed E-state index contributed by atoms with van der Waals surface area (Å²) in [6.45, 7) is 4.10. The van der Waals surface area contributed by atoms with Crippen molar-refractivity contribution in [3.8, 4) is 0 Å². The van der Waals surface area contributed by atoms with Crippen LogP contribution in [0.3, 0.4) is 0 Å². The lowest BCUT2D eigenvalue weighted by molar-refractivity contribution is 0.382. The van der Waals surface area contributed by atoms with Crippen LogP contribution in [0.1, 0.15) is 38.7 Å². The summed E-state index contributed by atoms with van der Waals surface area (Å²) < 4.78 is 54.2. The lowest BCUT2D eigenvalue weighted by atomic mass is 9.94. The Hall–Kier alpha value is -1.05. The summed E-state index contributed by atoms with van der Waals surface area (Å²) in [5.74, 6) is -2.47. The molecule has 7 heteroatoms. The molecule has 0 aliphatic heterocycles. The number of rotatable bonds is 6. The van der Waals surface area contributed by atoms with Crippen LogP contribution in [-0.2, 0) is 16.6 Å². The average molecular weight is 318 g/mol. The maximum Gasteiger partial charge on any atom is 0.243 e. The summed E-state index contributed by atoms with van der Waals surface area (Å²) in [5.41, 5.74) is 0.400. The second-order valence-electron chi connectivity index (χ2n) is 5.67. The number of hydrogen-bond acceptors (Lipinski definition) is 3. The molecule has 0 aromatic heterocycles. The first-order valence-corrected chi connectivity index (χ1v) is 8.51. The number of halogens is 2. The van der Waals surface area contributed by atoms with Gasteiger partial charge in [-0.15, -0.1) is 0 Å². The number of hydrogen-bond donors (Lipinski definition) is 2. The molecule has 1 aromatic carbocycles. The maximum absolute atomic E-state index is 13.8. The predicted molar refractivity (Wildman–Crippen MR) is 76.3 cm³/mol. The van der Waals surface area contributed by atoms with Gasteiger partial charge < -0.3 is 5.32 Å². The van der Waals surface area contributed by atoms with Gasteiger partial charge in [-0.1, -0.05) is 20.3 Å². The summed E-state index contributed by atoms with van der Waals surface area (Å²) in [4.78, 5) is -0.616. The standard InChI is InChI=1S/C14H20F2N2O2S/c1-9(2)17-8-10-6-12(15)14(16)13(7-10)21(19,20)18-11-4-3-5-11/h6-7,9,11,17-18H,3-5,8H2,1-2H3. The fourth-order valence-electron chi connectivity index (χ4n) is 2.05. The molecule has 21 heavy (non-hydrogen) atoms. The van der Waals surface area contributed by atoms with E-state index in [4.69, 9.17) is 0 Å².